The van der Waals surface area contributed by atoms with Crippen LogP contribution < -0.4 is 4.74 Å². The highest BCUT2D eigenvalue weighted by Gasteiger charge is 1.98. The summed E-state index contributed by atoms with van der Waals surface area (Å²) in [7, 11) is 0. The second kappa shape index (κ2) is 7.76. The van der Waals surface area contributed by atoms with Crippen LogP contribution in [0.3, 0.4) is 0 Å². The molecule has 0 saturated carbocycles. The molecule has 0 aliphatic carbocycles. The van der Waals surface area contributed by atoms with Crippen molar-refractivity contribution in [3.05, 3.63) is 65.7 Å². The summed E-state index contributed by atoms with van der Waals surface area (Å²) in [5.74, 6) is 6.10. The highest BCUT2D eigenvalue weighted by Crippen LogP contribution is 2.12. The molecule has 0 spiro atoms. The Hall–Kier alpha value is -2.73. The Bertz CT molecular complexity index is 634. The van der Waals surface area contributed by atoms with Crippen LogP contribution in [0.1, 0.15) is 24.0 Å². The Morgan fingerprint density at radius 3 is 2.19 bits per heavy atom. The molecule has 2 aromatic carbocycles. The molecule has 106 valence electrons. The first-order chi connectivity index (χ1) is 10.2. The van der Waals surface area contributed by atoms with Crippen LogP contribution in [0, 0.1) is 11.8 Å². The largest absolute Gasteiger partial charge is 0.494 e. The van der Waals surface area contributed by atoms with Gasteiger partial charge in [-0.3, -0.25) is 4.79 Å². The fraction of sp³-hybridized carbons (Fsp3) is 0.167. The van der Waals surface area contributed by atoms with Crippen molar-refractivity contribution in [2.75, 3.05) is 6.61 Å². The van der Waals surface area contributed by atoms with Gasteiger partial charge in [0, 0.05) is 17.5 Å². The zero-order chi connectivity index (χ0) is 14.9. The van der Waals surface area contributed by atoms with Crippen molar-refractivity contribution in [2.45, 2.75) is 12.8 Å². The summed E-state index contributed by atoms with van der Waals surface area (Å²) >= 11 is 0. The maximum atomic E-state index is 10.4. The van der Waals surface area contributed by atoms with E-state index in [9.17, 15) is 4.79 Å². The van der Waals surface area contributed by atoms with Gasteiger partial charge in [0.2, 0.25) is 0 Å². The van der Waals surface area contributed by atoms with Gasteiger partial charge in [-0.25, -0.2) is 0 Å². The molecule has 2 rings (SSSR count). The van der Waals surface area contributed by atoms with Crippen LogP contribution in [0.4, 0.5) is 0 Å². The summed E-state index contributed by atoms with van der Waals surface area (Å²) in [6.45, 7) is 0.404. The third kappa shape index (κ3) is 5.42. The van der Waals surface area contributed by atoms with Crippen molar-refractivity contribution in [2.24, 2.45) is 0 Å². The molecule has 0 fully saturated rings. The fourth-order valence-electron chi connectivity index (χ4n) is 1.71. The van der Waals surface area contributed by atoms with Gasteiger partial charge in [-0.2, -0.15) is 0 Å². The van der Waals surface area contributed by atoms with Crippen LogP contribution in [0.15, 0.2) is 54.6 Å². The van der Waals surface area contributed by atoms with Gasteiger partial charge >= 0.3 is 5.97 Å². The van der Waals surface area contributed by atoms with Crippen molar-refractivity contribution in [3.63, 3.8) is 0 Å². The minimum atomic E-state index is -0.801. The summed E-state index contributed by atoms with van der Waals surface area (Å²) in [4.78, 5) is 10.4. The number of hydrogen-bond donors (Lipinski definition) is 1. The van der Waals surface area contributed by atoms with Crippen LogP contribution in [0.2, 0.25) is 0 Å². The van der Waals surface area contributed by atoms with Crippen LogP contribution in [0.25, 0.3) is 0 Å². The highest BCUT2D eigenvalue weighted by molar-refractivity contribution is 5.66. The number of ether oxygens (including phenoxy) is 1. The Labute approximate surface area is 124 Å². The minimum absolute atomic E-state index is 0.126. The van der Waals surface area contributed by atoms with Crippen LogP contribution in [0.5, 0.6) is 5.75 Å². The SMILES string of the molecule is O=C(O)CCCOc1ccc(C#Cc2ccccc2)cc1. The Balaban J connectivity index is 1.88. The number of benzene rings is 2. The fourth-order valence-corrected chi connectivity index (χ4v) is 1.71. The molecule has 0 unspecified atom stereocenters. The monoisotopic (exact) mass is 280 g/mol. The quantitative estimate of drug-likeness (QED) is 0.675. The Morgan fingerprint density at radius 1 is 0.952 bits per heavy atom. The molecule has 21 heavy (non-hydrogen) atoms. The number of carbonyl (C=O) groups is 1. The summed E-state index contributed by atoms with van der Waals surface area (Å²) in [6, 6.07) is 17.3. The molecule has 0 heterocycles. The minimum Gasteiger partial charge on any atom is -0.494 e. The number of carboxylic acids is 1. The lowest BCUT2D eigenvalue weighted by molar-refractivity contribution is -0.137. The van der Waals surface area contributed by atoms with E-state index in [1.807, 2.05) is 54.6 Å². The van der Waals surface area contributed by atoms with E-state index in [-0.39, 0.29) is 6.42 Å². The second-order valence-corrected chi connectivity index (χ2v) is 4.49. The number of carboxylic acid groups (broad SMARTS) is 1. The van der Waals surface area contributed by atoms with Crippen molar-refractivity contribution in [1.29, 1.82) is 0 Å². The van der Waals surface area contributed by atoms with Gasteiger partial charge in [-0.1, -0.05) is 30.0 Å². The van der Waals surface area contributed by atoms with Crippen LogP contribution in [-0.4, -0.2) is 17.7 Å². The van der Waals surface area contributed by atoms with Crippen LogP contribution >= 0.6 is 0 Å². The van der Waals surface area contributed by atoms with Crippen molar-refractivity contribution < 1.29 is 14.6 Å². The van der Waals surface area contributed by atoms with E-state index in [0.717, 1.165) is 16.9 Å². The molecule has 3 heteroatoms. The summed E-state index contributed by atoms with van der Waals surface area (Å²) in [6.07, 6.45) is 0.630. The lowest BCUT2D eigenvalue weighted by Gasteiger charge is -2.04. The lowest BCUT2D eigenvalue weighted by Crippen LogP contribution is -2.01. The van der Waals surface area contributed by atoms with Gasteiger partial charge in [-0.05, 0) is 42.8 Å². The highest BCUT2D eigenvalue weighted by atomic mass is 16.5. The van der Waals surface area contributed by atoms with Crippen molar-refractivity contribution >= 4 is 5.97 Å². The van der Waals surface area contributed by atoms with E-state index < -0.39 is 5.97 Å². The van der Waals surface area contributed by atoms with Crippen molar-refractivity contribution in [3.8, 4) is 17.6 Å². The summed E-state index contributed by atoms with van der Waals surface area (Å²) in [5.41, 5.74) is 1.89. The number of aliphatic carboxylic acids is 1. The van der Waals surface area contributed by atoms with Crippen LogP contribution in [-0.2, 0) is 4.79 Å². The average Bonchev–Trinajstić information content (AvgIpc) is 2.51. The van der Waals surface area contributed by atoms with Gasteiger partial charge in [-0.15, -0.1) is 0 Å². The zero-order valence-electron chi connectivity index (χ0n) is 11.6. The normalized spacial score (nSPS) is 9.52. The van der Waals surface area contributed by atoms with E-state index in [1.165, 1.54) is 0 Å². The lowest BCUT2D eigenvalue weighted by atomic mass is 10.2. The molecule has 2 aromatic rings. The predicted octanol–water partition coefficient (Wildman–Crippen LogP) is 3.33. The maximum absolute atomic E-state index is 10.4. The third-order valence-electron chi connectivity index (χ3n) is 2.78. The molecule has 3 nitrogen and oxygen atoms in total. The molecule has 1 N–H and O–H groups in total. The Kier molecular flexibility index (Phi) is 5.42. The topological polar surface area (TPSA) is 46.5 Å². The predicted molar refractivity (Wildman–Crippen MR) is 81.2 cm³/mol. The van der Waals surface area contributed by atoms with E-state index in [2.05, 4.69) is 11.8 Å². The van der Waals surface area contributed by atoms with Gasteiger partial charge in [0.05, 0.1) is 6.61 Å². The van der Waals surface area contributed by atoms with Gasteiger partial charge in [0.25, 0.3) is 0 Å². The van der Waals surface area contributed by atoms with Crippen molar-refractivity contribution in [1.82, 2.24) is 0 Å². The van der Waals surface area contributed by atoms with Gasteiger partial charge in [0.1, 0.15) is 5.75 Å². The number of hydrogen-bond acceptors (Lipinski definition) is 2. The maximum Gasteiger partial charge on any atom is 0.303 e. The second-order valence-electron chi connectivity index (χ2n) is 4.49. The van der Waals surface area contributed by atoms with E-state index >= 15 is 0 Å². The van der Waals surface area contributed by atoms with E-state index in [0.29, 0.717) is 13.0 Å². The number of rotatable bonds is 5. The molecule has 0 bridgehead atoms. The molecule has 0 aromatic heterocycles. The first-order valence-corrected chi connectivity index (χ1v) is 6.76. The van der Waals surface area contributed by atoms with Gasteiger partial charge < -0.3 is 9.84 Å². The van der Waals surface area contributed by atoms with Gasteiger partial charge in [0.15, 0.2) is 0 Å². The van der Waals surface area contributed by atoms with E-state index in [4.69, 9.17) is 9.84 Å². The smallest absolute Gasteiger partial charge is 0.303 e. The average molecular weight is 280 g/mol. The molecule has 0 radical (unpaired) electrons. The molecular weight excluding hydrogens is 264 g/mol. The first-order valence-electron chi connectivity index (χ1n) is 6.76. The summed E-state index contributed by atoms with van der Waals surface area (Å²) in [5, 5.41) is 8.53. The standard InChI is InChI=1S/C18H16O3/c19-18(20)7-4-14-21-17-12-10-16(11-13-17)9-8-15-5-2-1-3-6-15/h1-3,5-6,10-13H,4,7,14H2,(H,19,20). The molecule has 0 aliphatic rings. The first kappa shape index (κ1) is 14.7. The van der Waals surface area contributed by atoms with E-state index in [1.54, 1.807) is 0 Å². The molecule has 0 atom stereocenters. The molecule has 0 aliphatic heterocycles. The molecular formula is C18H16O3. The zero-order valence-corrected chi connectivity index (χ0v) is 11.6. The summed E-state index contributed by atoms with van der Waals surface area (Å²) < 4.78 is 5.46. The third-order valence-corrected chi connectivity index (χ3v) is 2.78. The Morgan fingerprint density at radius 2 is 1.57 bits per heavy atom. The molecule has 0 saturated heterocycles. The molecule has 0 amide bonds.